The van der Waals surface area contributed by atoms with Crippen molar-refractivity contribution in [1.82, 2.24) is 9.88 Å². The fraction of sp³-hybridized carbons (Fsp3) is 0.600. The molecule has 0 unspecified atom stereocenters. The van der Waals surface area contributed by atoms with E-state index < -0.39 is 5.60 Å². The van der Waals surface area contributed by atoms with Gasteiger partial charge in [0.25, 0.3) is 0 Å². The largest absolute Gasteiger partial charge is 0.494 e. The number of fused-ring (bicyclic) bond motifs is 1. The van der Waals surface area contributed by atoms with Gasteiger partial charge in [-0.25, -0.2) is 9.78 Å². The van der Waals surface area contributed by atoms with Crippen molar-refractivity contribution in [1.29, 1.82) is 0 Å². The fourth-order valence-electron chi connectivity index (χ4n) is 3.21. The number of methoxy groups -OCH3 is 1. The highest BCUT2D eigenvalue weighted by atomic mass is 32.1. The number of amides is 2. The third-order valence-corrected chi connectivity index (χ3v) is 5.98. The number of ether oxygens (including phenoxy) is 2. The number of carbonyl (C=O) groups excluding carboxylic acids is 1. The molecule has 0 saturated carbocycles. The minimum atomic E-state index is -0.693. The Morgan fingerprint density at radius 3 is 2.79 bits per heavy atom. The van der Waals surface area contributed by atoms with Gasteiger partial charge in [0, 0.05) is 26.2 Å². The third-order valence-electron chi connectivity index (χ3n) is 4.98. The Hall–Kier alpha value is -2.10. The van der Waals surface area contributed by atoms with E-state index in [1.54, 1.807) is 12.0 Å². The molecule has 3 rings (SSSR count). The molecule has 9 heteroatoms. The van der Waals surface area contributed by atoms with E-state index in [1.807, 2.05) is 19.1 Å². The number of rotatable bonds is 8. The Balaban J connectivity index is 1.70. The van der Waals surface area contributed by atoms with E-state index in [-0.39, 0.29) is 6.03 Å². The van der Waals surface area contributed by atoms with Gasteiger partial charge >= 0.3 is 6.03 Å². The van der Waals surface area contributed by atoms with Gasteiger partial charge in [-0.05, 0) is 38.3 Å². The van der Waals surface area contributed by atoms with Gasteiger partial charge < -0.3 is 24.8 Å². The van der Waals surface area contributed by atoms with Crippen LogP contribution in [0.2, 0.25) is 0 Å². The molecule has 0 atom stereocenters. The molecule has 29 heavy (non-hydrogen) atoms. The highest BCUT2D eigenvalue weighted by Gasteiger charge is 2.30. The third kappa shape index (κ3) is 5.49. The van der Waals surface area contributed by atoms with Gasteiger partial charge in [-0.3, -0.25) is 5.32 Å². The van der Waals surface area contributed by atoms with Gasteiger partial charge in [0.2, 0.25) is 0 Å². The molecule has 1 aliphatic heterocycles. The van der Waals surface area contributed by atoms with E-state index in [0.29, 0.717) is 55.5 Å². The van der Waals surface area contributed by atoms with Gasteiger partial charge in [-0.2, -0.15) is 0 Å². The van der Waals surface area contributed by atoms with Crippen molar-refractivity contribution in [2.24, 2.45) is 0 Å². The topological polar surface area (TPSA) is 95.9 Å². The molecule has 1 saturated heterocycles. The van der Waals surface area contributed by atoms with Crippen molar-refractivity contribution in [3.05, 3.63) is 12.1 Å². The van der Waals surface area contributed by atoms with Crippen LogP contribution in [-0.2, 0) is 4.74 Å². The maximum Gasteiger partial charge on any atom is 0.323 e. The van der Waals surface area contributed by atoms with Crippen LogP contribution in [0.1, 0.15) is 33.1 Å². The molecular formula is C20H30N4O4S. The molecule has 1 aromatic heterocycles. The second-order valence-corrected chi connectivity index (χ2v) is 8.46. The summed E-state index contributed by atoms with van der Waals surface area (Å²) in [5, 5.41) is 16.9. The van der Waals surface area contributed by atoms with Gasteiger partial charge in [0.05, 0.1) is 29.7 Å². The number of likely N-dealkylation sites (tertiary alicyclic amines) is 1. The summed E-state index contributed by atoms with van der Waals surface area (Å²) < 4.78 is 11.9. The van der Waals surface area contributed by atoms with E-state index in [1.165, 1.54) is 11.3 Å². The number of nitrogens with zero attached hydrogens (tertiary/aromatic N) is 2. The number of hydrogen-bond donors (Lipinski definition) is 3. The quantitative estimate of drug-likeness (QED) is 0.564. The van der Waals surface area contributed by atoms with Crippen molar-refractivity contribution in [2.45, 2.75) is 38.7 Å². The Labute approximate surface area is 175 Å². The minimum Gasteiger partial charge on any atom is -0.494 e. The Morgan fingerprint density at radius 2 is 2.10 bits per heavy atom. The van der Waals surface area contributed by atoms with Gasteiger partial charge in [0.1, 0.15) is 11.3 Å². The number of aliphatic hydroxyl groups is 1. The van der Waals surface area contributed by atoms with Gasteiger partial charge in [-0.1, -0.05) is 18.3 Å². The zero-order valence-corrected chi connectivity index (χ0v) is 18.1. The summed E-state index contributed by atoms with van der Waals surface area (Å²) >= 11 is 1.41. The summed E-state index contributed by atoms with van der Waals surface area (Å²) in [7, 11) is 1.61. The lowest BCUT2D eigenvalue weighted by molar-refractivity contribution is 0.00570. The summed E-state index contributed by atoms with van der Waals surface area (Å²) in [4.78, 5) is 18.9. The second-order valence-electron chi connectivity index (χ2n) is 7.47. The number of piperidine rings is 1. The highest BCUT2D eigenvalue weighted by molar-refractivity contribution is 7.23. The van der Waals surface area contributed by atoms with Crippen LogP contribution in [0, 0.1) is 0 Å². The molecular weight excluding hydrogens is 392 g/mol. The molecule has 8 nitrogen and oxygen atoms in total. The van der Waals surface area contributed by atoms with Crippen LogP contribution in [-0.4, -0.2) is 66.6 Å². The normalized spacial score (nSPS) is 16.1. The lowest BCUT2D eigenvalue weighted by Crippen LogP contribution is -2.46. The number of nitrogens with one attached hydrogen (secondary N) is 2. The van der Waals surface area contributed by atoms with E-state index in [9.17, 15) is 9.90 Å². The molecule has 2 aromatic rings. The van der Waals surface area contributed by atoms with E-state index in [0.717, 1.165) is 23.4 Å². The first-order valence-electron chi connectivity index (χ1n) is 10.0. The molecule has 1 fully saturated rings. The molecule has 3 N–H and O–H groups in total. The van der Waals surface area contributed by atoms with Crippen molar-refractivity contribution in [3.8, 4) is 5.75 Å². The van der Waals surface area contributed by atoms with Crippen LogP contribution in [0.5, 0.6) is 5.75 Å². The Bertz CT molecular complexity index is 829. The zero-order chi connectivity index (χ0) is 20.9. The summed E-state index contributed by atoms with van der Waals surface area (Å²) in [6, 6.07) is 3.63. The SMILES string of the molecule is CCCOCCNc1ccc(OC)c2nc(NC(=O)N3CCC(C)(O)CC3)sc12. The maximum absolute atomic E-state index is 12.6. The van der Waals surface area contributed by atoms with Crippen LogP contribution >= 0.6 is 11.3 Å². The van der Waals surface area contributed by atoms with Crippen LogP contribution < -0.4 is 15.4 Å². The van der Waals surface area contributed by atoms with Crippen LogP contribution in [0.15, 0.2) is 12.1 Å². The highest BCUT2D eigenvalue weighted by Crippen LogP contribution is 2.38. The lowest BCUT2D eigenvalue weighted by atomic mass is 9.94. The fourth-order valence-corrected chi connectivity index (χ4v) is 4.17. The average Bonchev–Trinajstić information content (AvgIpc) is 3.11. The average molecular weight is 423 g/mol. The number of carbonyl (C=O) groups is 1. The van der Waals surface area contributed by atoms with Crippen molar-refractivity contribution in [2.75, 3.05) is 50.6 Å². The Morgan fingerprint density at radius 1 is 1.34 bits per heavy atom. The predicted molar refractivity (Wildman–Crippen MR) is 116 cm³/mol. The number of anilines is 2. The smallest absolute Gasteiger partial charge is 0.323 e. The van der Waals surface area contributed by atoms with E-state index in [2.05, 4.69) is 22.5 Å². The van der Waals surface area contributed by atoms with Crippen LogP contribution in [0.4, 0.5) is 15.6 Å². The molecule has 1 aromatic carbocycles. The van der Waals surface area contributed by atoms with Crippen molar-refractivity contribution >= 4 is 38.4 Å². The number of hydrogen-bond acceptors (Lipinski definition) is 7. The molecule has 2 heterocycles. The molecule has 160 valence electrons. The zero-order valence-electron chi connectivity index (χ0n) is 17.3. The minimum absolute atomic E-state index is 0.194. The van der Waals surface area contributed by atoms with Gasteiger partial charge in [0.15, 0.2) is 5.13 Å². The summed E-state index contributed by atoms with van der Waals surface area (Å²) in [6.07, 6.45) is 2.14. The van der Waals surface area contributed by atoms with E-state index >= 15 is 0 Å². The number of benzene rings is 1. The van der Waals surface area contributed by atoms with Crippen molar-refractivity contribution < 1.29 is 19.4 Å². The number of thiazole rings is 1. The molecule has 2 amide bonds. The first-order valence-corrected chi connectivity index (χ1v) is 10.8. The Kier molecular flexibility index (Phi) is 7.15. The maximum atomic E-state index is 12.6. The lowest BCUT2D eigenvalue weighted by Gasteiger charge is -2.35. The standard InChI is InChI=1S/C20H30N4O4S/c1-4-12-28-13-9-21-14-5-6-15(27-3)16-17(14)29-18(22-16)23-19(25)24-10-7-20(2,26)8-11-24/h5-6,21,26H,4,7-13H2,1-3H3,(H,22,23,25). The number of urea groups is 1. The number of aromatic nitrogens is 1. The monoisotopic (exact) mass is 422 g/mol. The summed E-state index contributed by atoms with van der Waals surface area (Å²) in [6.45, 7) is 7.01. The predicted octanol–water partition coefficient (Wildman–Crippen LogP) is 3.52. The van der Waals surface area contributed by atoms with Crippen molar-refractivity contribution in [3.63, 3.8) is 0 Å². The molecule has 1 aliphatic rings. The van der Waals surface area contributed by atoms with Gasteiger partial charge in [-0.15, -0.1) is 0 Å². The summed E-state index contributed by atoms with van der Waals surface area (Å²) in [5.74, 6) is 0.665. The van der Waals surface area contributed by atoms with Crippen LogP contribution in [0.25, 0.3) is 10.2 Å². The summed E-state index contributed by atoms with van der Waals surface area (Å²) in [5.41, 5.74) is 0.961. The van der Waals surface area contributed by atoms with E-state index in [4.69, 9.17) is 9.47 Å². The molecule has 0 radical (unpaired) electrons. The first-order chi connectivity index (χ1) is 13.9. The second kappa shape index (κ2) is 9.60. The molecule has 0 spiro atoms. The molecule has 0 aliphatic carbocycles. The first kappa shape index (κ1) is 21.6. The van der Waals surface area contributed by atoms with Crippen LogP contribution in [0.3, 0.4) is 0 Å². The molecule has 0 bridgehead atoms.